The lowest BCUT2D eigenvalue weighted by Gasteiger charge is -2.30. The Labute approximate surface area is 110 Å². The zero-order valence-corrected chi connectivity index (χ0v) is 12.5. The molecule has 1 saturated carbocycles. The Bertz CT molecular complexity index is 408. The average Bonchev–Trinajstić information content (AvgIpc) is 2.72. The normalized spacial score (nSPS) is 22.2. The summed E-state index contributed by atoms with van der Waals surface area (Å²) in [4.78, 5) is 12.0. The van der Waals surface area contributed by atoms with Gasteiger partial charge < -0.3 is 4.43 Å². The second kappa shape index (κ2) is 5.37. The average molecular weight is 262 g/mol. The SMILES string of the molecule is C[Si](C)(C)O[C@H](c1ccccc1)[C@@H]1CCCC1=O. The van der Waals surface area contributed by atoms with Gasteiger partial charge in [0.25, 0.3) is 0 Å². The summed E-state index contributed by atoms with van der Waals surface area (Å²) < 4.78 is 6.30. The molecule has 3 heteroatoms. The summed E-state index contributed by atoms with van der Waals surface area (Å²) in [6.45, 7) is 6.55. The number of benzene rings is 1. The lowest BCUT2D eigenvalue weighted by atomic mass is 9.94. The van der Waals surface area contributed by atoms with E-state index in [2.05, 4.69) is 31.8 Å². The maximum atomic E-state index is 12.0. The molecular formula is C15H22O2Si. The van der Waals surface area contributed by atoms with E-state index in [4.69, 9.17) is 4.43 Å². The van der Waals surface area contributed by atoms with Crippen molar-refractivity contribution in [2.24, 2.45) is 5.92 Å². The minimum atomic E-state index is -1.65. The first kappa shape index (κ1) is 13.5. The largest absolute Gasteiger partial charge is 0.410 e. The Morgan fingerprint density at radius 3 is 2.39 bits per heavy atom. The van der Waals surface area contributed by atoms with Gasteiger partial charge in [-0.25, -0.2) is 0 Å². The van der Waals surface area contributed by atoms with Crippen LogP contribution >= 0.6 is 0 Å². The second-order valence-electron chi connectivity index (χ2n) is 6.03. The van der Waals surface area contributed by atoms with E-state index >= 15 is 0 Å². The van der Waals surface area contributed by atoms with Crippen molar-refractivity contribution in [1.29, 1.82) is 0 Å². The van der Waals surface area contributed by atoms with Crippen LogP contribution in [0.2, 0.25) is 19.6 Å². The first-order chi connectivity index (χ1) is 8.47. The van der Waals surface area contributed by atoms with Gasteiger partial charge in [0.15, 0.2) is 8.32 Å². The van der Waals surface area contributed by atoms with Crippen LogP contribution in [0.25, 0.3) is 0 Å². The van der Waals surface area contributed by atoms with Crippen molar-refractivity contribution in [3.05, 3.63) is 35.9 Å². The molecule has 0 bridgehead atoms. The molecule has 2 atom stereocenters. The maximum Gasteiger partial charge on any atom is 0.184 e. The topological polar surface area (TPSA) is 26.3 Å². The zero-order valence-electron chi connectivity index (χ0n) is 11.5. The van der Waals surface area contributed by atoms with Gasteiger partial charge in [-0.3, -0.25) is 4.79 Å². The number of carbonyl (C=O) groups excluding carboxylic acids is 1. The summed E-state index contributed by atoms with van der Waals surface area (Å²) >= 11 is 0. The summed E-state index contributed by atoms with van der Waals surface area (Å²) in [5.41, 5.74) is 1.15. The molecule has 0 unspecified atom stereocenters. The van der Waals surface area contributed by atoms with E-state index in [1.165, 1.54) is 0 Å². The fourth-order valence-corrected chi connectivity index (χ4v) is 3.63. The monoisotopic (exact) mass is 262 g/mol. The van der Waals surface area contributed by atoms with E-state index in [1.54, 1.807) is 0 Å². The molecule has 18 heavy (non-hydrogen) atoms. The number of carbonyl (C=O) groups is 1. The first-order valence-corrected chi connectivity index (χ1v) is 10.1. The Balaban J connectivity index is 2.26. The summed E-state index contributed by atoms with van der Waals surface area (Å²) in [6, 6.07) is 10.2. The quantitative estimate of drug-likeness (QED) is 0.768. The van der Waals surface area contributed by atoms with Gasteiger partial charge >= 0.3 is 0 Å². The standard InChI is InChI=1S/C15H22O2Si/c1-18(2,3)17-15(12-8-5-4-6-9-12)13-10-7-11-14(13)16/h4-6,8-9,13,15H,7,10-11H2,1-3H3/t13-,15-/m1/s1. The van der Waals surface area contributed by atoms with Crippen molar-refractivity contribution in [3.63, 3.8) is 0 Å². The van der Waals surface area contributed by atoms with Crippen molar-refractivity contribution < 1.29 is 9.22 Å². The van der Waals surface area contributed by atoms with Gasteiger partial charge in [0.05, 0.1) is 6.10 Å². The van der Waals surface area contributed by atoms with Crippen molar-refractivity contribution in [3.8, 4) is 0 Å². The molecule has 98 valence electrons. The van der Waals surface area contributed by atoms with Gasteiger partial charge in [0, 0.05) is 12.3 Å². The first-order valence-electron chi connectivity index (χ1n) is 6.73. The van der Waals surface area contributed by atoms with Crippen molar-refractivity contribution in [2.75, 3.05) is 0 Å². The van der Waals surface area contributed by atoms with Gasteiger partial charge in [0.1, 0.15) is 5.78 Å². The molecule has 0 aliphatic heterocycles. The Hall–Kier alpha value is -0.933. The van der Waals surface area contributed by atoms with E-state index in [-0.39, 0.29) is 12.0 Å². The zero-order chi connectivity index (χ0) is 13.2. The van der Waals surface area contributed by atoms with Crippen LogP contribution in [0.1, 0.15) is 30.9 Å². The molecule has 1 aromatic carbocycles. The molecule has 1 aliphatic carbocycles. The molecule has 0 radical (unpaired) electrons. The highest BCUT2D eigenvalue weighted by atomic mass is 28.4. The van der Waals surface area contributed by atoms with Crippen LogP contribution in [-0.4, -0.2) is 14.1 Å². The molecular weight excluding hydrogens is 240 g/mol. The molecule has 1 fully saturated rings. The highest BCUT2D eigenvalue weighted by Gasteiger charge is 2.36. The Morgan fingerprint density at radius 2 is 1.89 bits per heavy atom. The summed E-state index contributed by atoms with van der Waals surface area (Å²) in [5, 5.41) is 0. The van der Waals surface area contributed by atoms with Crippen LogP contribution in [0.15, 0.2) is 30.3 Å². The molecule has 1 aromatic rings. The summed E-state index contributed by atoms with van der Waals surface area (Å²) in [6.07, 6.45) is 2.68. The number of rotatable bonds is 4. The third kappa shape index (κ3) is 3.30. The highest BCUT2D eigenvalue weighted by Crippen LogP contribution is 2.37. The smallest absolute Gasteiger partial charge is 0.184 e. The molecule has 0 N–H and O–H groups in total. The van der Waals surface area contributed by atoms with Gasteiger partial charge in [0.2, 0.25) is 0 Å². The van der Waals surface area contributed by atoms with Gasteiger partial charge in [-0.2, -0.15) is 0 Å². The van der Waals surface area contributed by atoms with E-state index in [9.17, 15) is 4.79 Å². The minimum Gasteiger partial charge on any atom is -0.410 e. The number of Topliss-reactive ketones (excluding diaryl/α,β-unsaturated/α-hetero) is 1. The van der Waals surface area contributed by atoms with Gasteiger partial charge in [-0.05, 0) is 38.0 Å². The van der Waals surface area contributed by atoms with Crippen LogP contribution in [0, 0.1) is 5.92 Å². The fraction of sp³-hybridized carbons (Fsp3) is 0.533. The molecule has 0 spiro atoms. The third-order valence-electron chi connectivity index (χ3n) is 3.33. The van der Waals surface area contributed by atoms with Gasteiger partial charge in [-0.15, -0.1) is 0 Å². The number of hydrogen-bond acceptors (Lipinski definition) is 2. The van der Waals surface area contributed by atoms with Crippen LogP contribution in [0.4, 0.5) is 0 Å². The van der Waals surface area contributed by atoms with Crippen molar-refractivity contribution >= 4 is 14.1 Å². The summed E-state index contributed by atoms with van der Waals surface area (Å²) in [7, 11) is -1.65. The minimum absolute atomic E-state index is 0.0344. The number of ketones is 1. The predicted molar refractivity (Wildman–Crippen MR) is 76.0 cm³/mol. The Morgan fingerprint density at radius 1 is 1.22 bits per heavy atom. The molecule has 1 aliphatic rings. The van der Waals surface area contributed by atoms with E-state index in [1.807, 2.05) is 18.2 Å². The van der Waals surface area contributed by atoms with Crippen LogP contribution in [-0.2, 0) is 9.22 Å². The predicted octanol–water partition coefficient (Wildman–Crippen LogP) is 3.95. The van der Waals surface area contributed by atoms with E-state index < -0.39 is 8.32 Å². The fourth-order valence-electron chi connectivity index (χ4n) is 2.57. The van der Waals surface area contributed by atoms with Crippen LogP contribution in [0.5, 0.6) is 0 Å². The highest BCUT2D eigenvalue weighted by molar-refractivity contribution is 6.69. The van der Waals surface area contributed by atoms with Crippen LogP contribution < -0.4 is 0 Å². The lowest BCUT2D eigenvalue weighted by Crippen LogP contribution is -2.32. The molecule has 0 aromatic heterocycles. The van der Waals surface area contributed by atoms with Crippen molar-refractivity contribution in [1.82, 2.24) is 0 Å². The molecule has 2 nitrogen and oxygen atoms in total. The molecule has 0 heterocycles. The number of hydrogen-bond donors (Lipinski definition) is 0. The second-order valence-corrected chi connectivity index (χ2v) is 10.5. The Kier molecular flexibility index (Phi) is 4.03. The van der Waals surface area contributed by atoms with Crippen LogP contribution in [0.3, 0.4) is 0 Å². The lowest BCUT2D eigenvalue weighted by molar-refractivity contribution is -0.123. The molecule has 2 rings (SSSR count). The van der Waals surface area contributed by atoms with Gasteiger partial charge in [-0.1, -0.05) is 30.3 Å². The maximum absolute atomic E-state index is 12.0. The van der Waals surface area contributed by atoms with E-state index in [0.29, 0.717) is 5.78 Å². The molecule has 0 amide bonds. The molecule has 0 saturated heterocycles. The third-order valence-corrected chi connectivity index (χ3v) is 4.29. The summed E-state index contributed by atoms with van der Waals surface area (Å²) in [5.74, 6) is 0.446. The van der Waals surface area contributed by atoms with Crippen molar-refractivity contribution in [2.45, 2.75) is 45.0 Å². The van der Waals surface area contributed by atoms with E-state index in [0.717, 1.165) is 24.8 Å².